The van der Waals surface area contributed by atoms with E-state index in [0.29, 0.717) is 5.56 Å². The summed E-state index contributed by atoms with van der Waals surface area (Å²) in [5.41, 5.74) is 6.75. The van der Waals surface area contributed by atoms with Crippen molar-refractivity contribution >= 4 is 0 Å². The van der Waals surface area contributed by atoms with Gasteiger partial charge in [0.25, 0.3) is 0 Å². The number of fused-ring (bicyclic) bond motifs is 1. The zero-order chi connectivity index (χ0) is 26.7. The van der Waals surface area contributed by atoms with Gasteiger partial charge in [-0.1, -0.05) is 57.9 Å². The zero-order valence-electron chi connectivity index (χ0n) is 21.7. The molecule has 1 heterocycles. The molecule has 0 bridgehead atoms. The molecule has 1 aromatic heterocycles. The molecule has 5 rings (SSSR count). The number of aromatic nitrogens is 1. The Balaban J connectivity index is 0.00000102. The number of halogens is 4. The fourth-order valence-electron chi connectivity index (χ4n) is 6.33. The van der Waals surface area contributed by atoms with Crippen molar-refractivity contribution < 1.29 is 22.7 Å². The highest BCUT2D eigenvalue weighted by Crippen LogP contribution is 2.50. The Bertz CT molecular complexity index is 1200. The van der Waals surface area contributed by atoms with Gasteiger partial charge in [0, 0.05) is 17.2 Å². The van der Waals surface area contributed by atoms with Gasteiger partial charge < -0.3 is 5.11 Å². The quantitative estimate of drug-likeness (QED) is 0.354. The first kappa shape index (κ1) is 27.3. The third kappa shape index (κ3) is 5.90. The highest BCUT2D eigenvalue weighted by molar-refractivity contribution is 5.75. The number of alkyl halides is 2. The first-order valence-corrected chi connectivity index (χ1v) is 13.0. The Morgan fingerprint density at radius 2 is 1.49 bits per heavy atom. The van der Waals surface area contributed by atoms with Crippen LogP contribution in [0.25, 0.3) is 11.1 Å². The van der Waals surface area contributed by atoms with Gasteiger partial charge in [-0.25, -0.2) is 17.6 Å². The second-order valence-electron chi connectivity index (χ2n) is 11.1. The van der Waals surface area contributed by atoms with E-state index in [1.165, 1.54) is 29.8 Å². The van der Waals surface area contributed by atoms with Crippen molar-refractivity contribution in [1.82, 2.24) is 4.98 Å². The van der Waals surface area contributed by atoms with Crippen LogP contribution in [0.3, 0.4) is 0 Å². The summed E-state index contributed by atoms with van der Waals surface area (Å²) in [6, 6.07) is 12.7. The Morgan fingerprint density at radius 1 is 0.946 bits per heavy atom. The molecule has 1 fully saturated rings. The van der Waals surface area contributed by atoms with Crippen molar-refractivity contribution in [3.63, 3.8) is 0 Å². The number of benzene rings is 2. The van der Waals surface area contributed by atoms with Crippen LogP contribution in [0, 0.1) is 17.0 Å². The van der Waals surface area contributed by atoms with Crippen molar-refractivity contribution in [2.75, 3.05) is 6.93 Å². The van der Waals surface area contributed by atoms with Crippen LogP contribution < -0.4 is 0 Å². The molecule has 0 radical (unpaired) electrons. The van der Waals surface area contributed by atoms with Crippen LogP contribution >= 0.6 is 0 Å². The smallest absolute Gasteiger partial charge is 0.229 e. The van der Waals surface area contributed by atoms with Crippen LogP contribution in [0.4, 0.5) is 17.6 Å². The molecule has 6 heteroatoms. The van der Waals surface area contributed by atoms with Crippen LogP contribution in [0.15, 0.2) is 48.5 Å². The monoisotopic (exact) mass is 513 g/mol. The Hall–Kier alpha value is -2.73. The molecular formula is C31H35F4NO. The van der Waals surface area contributed by atoms with Crippen LogP contribution in [0.1, 0.15) is 98.9 Å². The molecule has 0 aliphatic heterocycles. The molecule has 2 aliphatic carbocycles. The molecule has 2 atom stereocenters. The molecule has 3 aromatic rings. The Labute approximate surface area is 216 Å². The molecule has 1 saturated carbocycles. The van der Waals surface area contributed by atoms with Gasteiger partial charge in [-0.2, -0.15) is 0 Å². The summed E-state index contributed by atoms with van der Waals surface area (Å²) in [6.07, 6.45) is 5.38. The lowest BCUT2D eigenvalue weighted by Crippen LogP contribution is -2.28. The Kier molecular flexibility index (Phi) is 8.37. The van der Waals surface area contributed by atoms with Gasteiger partial charge in [-0.3, -0.25) is 4.98 Å². The van der Waals surface area contributed by atoms with Crippen LogP contribution in [0.5, 0.6) is 0 Å². The number of nitrogens with zero attached hydrogens (tertiary/aromatic N) is 1. The summed E-state index contributed by atoms with van der Waals surface area (Å²) in [5, 5.41) is 11.8. The number of rotatable bonds is 4. The second kappa shape index (κ2) is 11.3. The molecular weight excluding hydrogens is 478 g/mol. The summed E-state index contributed by atoms with van der Waals surface area (Å²) < 4.78 is 46.8. The van der Waals surface area contributed by atoms with E-state index in [2.05, 4.69) is 20.8 Å². The average Bonchev–Trinajstić information content (AvgIpc) is 3.38. The zero-order valence-corrected chi connectivity index (χ0v) is 21.7. The maximum atomic E-state index is 13.9. The lowest BCUT2D eigenvalue weighted by Gasteiger charge is -2.38. The summed E-state index contributed by atoms with van der Waals surface area (Å²) in [5.74, 6) is -0.0688. The number of hydrogen-bond donors (Lipinski definition) is 1. The van der Waals surface area contributed by atoms with Gasteiger partial charge >= 0.3 is 0 Å². The fourth-order valence-corrected chi connectivity index (χ4v) is 6.33. The minimum absolute atomic E-state index is 0.142. The van der Waals surface area contributed by atoms with E-state index < -0.39 is 13.0 Å². The van der Waals surface area contributed by atoms with E-state index in [4.69, 9.17) is 4.98 Å². The molecule has 1 N–H and O–H groups in total. The molecule has 0 saturated heterocycles. The standard InChI is InChI=1S/C30H33F2NO.CH2F2/c1-18-16-30(2,3)17-24-25(18)26(19-8-12-22(31)13-9-19)27(28(33-24)20-6-4-5-7-20)29(34)21-10-14-23(32)15-11-21;2-1-3/h8-15,18,20,29,34H,4-7,16-17H2,1-3H3;1H2/t18-,29?;/m0./s1. The predicted octanol–water partition coefficient (Wildman–Crippen LogP) is 8.72. The molecule has 2 aromatic carbocycles. The summed E-state index contributed by atoms with van der Waals surface area (Å²) in [6.45, 7) is 5.07. The third-order valence-electron chi connectivity index (χ3n) is 7.71. The van der Waals surface area contributed by atoms with Crippen molar-refractivity contribution in [2.24, 2.45) is 5.41 Å². The maximum absolute atomic E-state index is 13.9. The van der Waals surface area contributed by atoms with Crippen LogP contribution in [-0.4, -0.2) is 17.0 Å². The molecule has 0 spiro atoms. The summed E-state index contributed by atoms with van der Waals surface area (Å²) >= 11 is 0. The molecule has 198 valence electrons. The third-order valence-corrected chi connectivity index (χ3v) is 7.71. The molecule has 2 nitrogen and oxygen atoms in total. The van der Waals surface area contributed by atoms with E-state index in [0.717, 1.165) is 66.6 Å². The number of aliphatic hydroxyl groups excluding tert-OH is 1. The van der Waals surface area contributed by atoms with Crippen molar-refractivity contribution in [2.45, 2.75) is 77.2 Å². The molecule has 2 aliphatic rings. The number of pyridine rings is 1. The molecule has 37 heavy (non-hydrogen) atoms. The first-order valence-electron chi connectivity index (χ1n) is 13.0. The summed E-state index contributed by atoms with van der Waals surface area (Å²) in [4.78, 5) is 5.30. The number of hydrogen-bond acceptors (Lipinski definition) is 2. The molecule has 0 amide bonds. The second-order valence-corrected chi connectivity index (χ2v) is 11.1. The van der Waals surface area contributed by atoms with Crippen LogP contribution in [-0.2, 0) is 6.42 Å². The predicted molar refractivity (Wildman–Crippen MR) is 139 cm³/mol. The minimum Gasteiger partial charge on any atom is -0.384 e. The topological polar surface area (TPSA) is 33.1 Å². The average molecular weight is 514 g/mol. The number of aliphatic hydroxyl groups is 1. The normalized spacial score (nSPS) is 19.6. The van der Waals surface area contributed by atoms with Gasteiger partial charge in [0.1, 0.15) is 17.7 Å². The van der Waals surface area contributed by atoms with Crippen molar-refractivity contribution in [1.29, 1.82) is 0 Å². The van der Waals surface area contributed by atoms with Crippen LogP contribution in [0.2, 0.25) is 0 Å². The fraction of sp³-hybridized carbons (Fsp3) is 0.452. The lowest BCUT2D eigenvalue weighted by molar-refractivity contribution is 0.217. The van der Waals surface area contributed by atoms with Gasteiger partial charge in [0.15, 0.2) is 0 Å². The largest absolute Gasteiger partial charge is 0.384 e. The highest BCUT2D eigenvalue weighted by Gasteiger charge is 2.37. The van der Waals surface area contributed by atoms with Crippen molar-refractivity contribution in [3.05, 3.63) is 88.2 Å². The van der Waals surface area contributed by atoms with Gasteiger partial charge in [0.05, 0.1) is 5.69 Å². The molecule has 1 unspecified atom stereocenters. The summed E-state index contributed by atoms with van der Waals surface area (Å²) in [7, 11) is 0. The highest BCUT2D eigenvalue weighted by atomic mass is 19.3. The van der Waals surface area contributed by atoms with Crippen molar-refractivity contribution in [3.8, 4) is 11.1 Å². The Morgan fingerprint density at radius 3 is 2.05 bits per heavy atom. The van der Waals surface area contributed by atoms with Gasteiger partial charge in [0.2, 0.25) is 6.93 Å². The van der Waals surface area contributed by atoms with Gasteiger partial charge in [-0.05, 0) is 83.5 Å². The van der Waals surface area contributed by atoms with E-state index in [1.54, 1.807) is 12.1 Å². The lowest BCUT2D eigenvalue weighted by atomic mass is 9.68. The van der Waals surface area contributed by atoms with E-state index in [1.807, 2.05) is 12.1 Å². The van der Waals surface area contributed by atoms with E-state index in [9.17, 15) is 22.7 Å². The maximum Gasteiger partial charge on any atom is 0.229 e. The minimum atomic E-state index is -1.75. The first-order chi connectivity index (χ1) is 17.6. The van der Waals surface area contributed by atoms with E-state index in [-0.39, 0.29) is 28.9 Å². The van der Waals surface area contributed by atoms with E-state index >= 15 is 0 Å². The van der Waals surface area contributed by atoms with Gasteiger partial charge in [-0.15, -0.1) is 0 Å². The SMILES string of the molecule is C[C@H]1CC(C)(C)Cc2nc(C3CCCC3)c(C(O)c3ccc(F)cc3)c(-c3ccc(F)cc3)c21.FCF.